The molecule has 1 aromatic rings. The summed E-state index contributed by atoms with van der Waals surface area (Å²) in [4.78, 5) is 14.0. The van der Waals surface area contributed by atoms with Crippen LogP contribution in [0.5, 0.6) is 0 Å². The van der Waals surface area contributed by atoms with Gasteiger partial charge in [0.2, 0.25) is 5.91 Å². The fraction of sp³-hybridized carbons (Fsp3) is 0.471. The molecular weight excluding hydrogens is 269 g/mol. The van der Waals surface area contributed by atoms with Gasteiger partial charge in [0.25, 0.3) is 0 Å². The monoisotopic (exact) mass is 291 g/mol. The van der Waals surface area contributed by atoms with Crippen molar-refractivity contribution in [1.82, 2.24) is 4.90 Å². The number of carbonyl (C=O) groups is 1. The summed E-state index contributed by atoms with van der Waals surface area (Å²) in [5.41, 5.74) is 1.10. The molecule has 0 bridgehead atoms. The topological polar surface area (TPSA) is 40.5 Å². The van der Waals surface area contributed by atoms with Gasteiger partial charge < -0.3 is 10.0 Å². The first kappa shape index (κ1) is 15.7. The number of aliphatic hydroxyl groups excluding tert-OH is 1. The third-order valence-electron chi connectivity index (χ3n) is 4.17. The van der Waals surface area contributed by atoms with E-state index in [1.54, 1.807) is 36.9 Å². The molecule has 1 N–H and O–H groups in total. The van der Waals surface area contributed by atoms with Crippen LogP contribution in [0.4, 0.5) is 4.39 Å². The minimum atomic E-state index is -0.321. The van der Waals surface area contributed by atoms with E-state index in [-0.39, 0.29) is 23.7 Å². The van der Waals surface area contributed by atoms with Crippen molar-refractivity contribution >= 4 is 11.5 Å². The zero-order valence-corrected chi connectivity index (χ0v) is 12.6. The number of rotatable bonds is 3. The van der Waals surface area contributed by atoms with Crippen molar-refractivity contribution in [3.63, 3.8) is 0 Å². The van der Waals surface area contributed by atoms with Gasteiger partial charge in [0.1, 0.15) is 5.82 Å². The Balaban J connectivity index is 2.02. The lowest BCUT2D eigenvalue weighted by Crippen LogP contribution is -2.40. The van der Waals surface area contributed by atoms with Crippen LogP contribution >= 0.6 is 0 Å². The number of carbonyl (C=O) groups excluding carboxylic acids is 1. The molecule has 1 aliphatic rings. The number of likely N-dealkylation sites (tertiary alicyclic amines) is 1. The molecule has 1 aliphatic heterocycles. The van der Waals surface area contributed by atoms with E-state index in [9.17, 15) is 14.3 Å². The number of halogens is 1. The lowest BCUT2D eigenvalue weighted by atomic mass is 9.92. The predicted molar refractivity (Wildman–Crippen MR) is 81.0 cm³/mol. The highest BCUT2D eigenvalue weighted by Gasteiger charge is 2.24. The van der Waals surface area contributed by atoms with Gasteiger partial charge in [-0.05, 0) is 44.2 Å². The first-order valence-electron chi connectivity index (χ1n) is 7.39. The molecule has 0 aliphatic carbocycles. The van der Waals surface area contributed by atoms with E-state index in [0.717, 1.165) is 12.8 Å². The zero-order valence-electron chi connectivity index (χ0n) is 12.6. The summed E-state index contributed by atoms with van der Waals surface area (Å²) in [6.45, 7) is 4.84. The summed E-state index contributed by atoms with van der Waals surface area (Å²) in [5.74, 6) is -0.127. The first-order chi connectivity index (χ1) is 9.99. The Hall–Kier alpha value is -1.68. The molecule has 1 aromatic carbocycles. The number of piperidine rings is 1. The predicted octanol–water partition coefficient (Wildman–Crippen LogP) is 2.85. The van der Waals surface area contributed by atoms with Crippen molar-refractivity contribution in [2.75, 3.05) is 13.1 Å². The van der Waals surface area contributed by atoms with Gasteiger partial charge >= 0.3 is 0 Å². The third kappa shape index (κ3) is 3.91. The van der Waals surface area contributed by atoms with Crippen molar-refractivity contribution in [1.29, 1.82) is 0 Å². The van der Waals surface area contributed by atoms with Gasteiger partial charge in [-0.15, -0.1) is 0 Å². The van der Waals surface area contributed by atoms with Crippen LogP contribution < -0.4 is 0 Å². The van der Waals surface area contributed by atoms with Crippen molar-refractivity contribution in [3.05, 3.63) is 41.7 Å². The second-order valence-electron chi connectivity index (χ2n) is 5.71. The standard InChI is InChI=1S/C17H22FNO2/c1-12(15-5-3-4-6-16(15)18)11-17(21)19-9-7-14(8-10-19)13(2)20/h3-6,11,13-14,20H,7-10H2,1-2H3. The molecule has 4 heteroatoms. The van der Waals surface area contributed by atoms with Crippen LogP contribution in [-0.2, 0) is 4.79 Å². The molecular formula is C17H22FNO2. The summed E-state index contributed by atoms with van der Waals surface area (Å²) >= 11 is 0. The maximum atomic E-state index is 13.7. The Morgan fingerprint density at radius 1 is 1.38 bits per heavy atom. The minimum Gasteiger partial charge on any atom is -0.393 e. The highest BCUT2D eigenvalue weighted by Crippen LogP contribution is 2.22. The van der Waals surface area contributed by atoms with E-state index in [1.165, 1.54) is 12.1 Å². The zero-order chi connectivity index (χ0) is 15.4. The number of nitrogens with zero attached hydrogens (tertiary/aromatic N) is 1. The highest BCUT2D eigenvalue weighted by molar-refractivity contribution is 5.95. The quantitative estimate of drug-likeness (QED) is 0.870. The van der Waals surface area contributed by atoms with E-state index in [4.69, 9.17) is 0 Å². The normalized spacial score (nSPS) is 18.7. The van der Waals surface area contributed by atoms with E-state index in [1.807, 2.05) is 0 Å². The largest absolute Gasteiger partial charge is 0.393 e. The number of hydrogen-bond donors (Lipinski definition) is 1. The van der Waals surface area contributed by atoms with Gasteiger partial charge in [-0.1, -0.05) is 18.2 Å². The molecule has 2 rings (SSSR count). The summed E-state index contributed by atoms with van der Waals surface area (Å²) in [5, 5.41) is 9.57. The highest BCUT2D eigenvalue weighted by atomic mass is 19.1. The molecule has 3 nitrogen and oxygen atoms in total. The molecule has 114 valence electrons. The van der Waals surface area contributed by atoms with Gasteiger partial charge in [-0.2, -0.15) is 0 Å². The summed E-state index contributed by atoms with van der Waals surface area (Å²) in [7, 11) is 0. The molecule has 0 saturated carbocycles. The number of benzene rings is 1. The number of allylic oxidation sites excluding steroid dienone is 1. The molecule has 1 saturated heterocycles. The minimum absolute atomic E-state index is 0.0835. The lowest BCUT2D eigenvalue weighted by Gasteiger charge is -2.32. The molecule has 1 fully saturated rings. The fourth-order valence-corrected chi connectivity index (χ4v) is 2.74. The average Bonchev–Trinajstić information content (AvgIpc) is 2.47. The van der Waals surface area contributed by atoms with Crippen LogP contribution in [0.15, 0.2) is 30.3 Å². The van der Waals surface area contributed by atoms with E-state index >= 15 is 0 Å². The molecule has 21 heavy (non-hydrogen) atoms. The van der Waals surface area contributed by atoms with Gasteiger partial charge in [-0.3, -0.25) is 4.79 Å². The van der Waals surface area contributed by atoms with Gasteiger partial charge in [0.05, 0.1) is 6.10 Å². The lowest BCUT2D eigenvalue weighted by molar-refractivity contribution is -0.127. The van der Waals surface area contributed by atoms with E-state index in [0.29, 0.717) is 24.2 Å². The maximum absolute atomic E-state index is 13.7. The number of hydrogen-bond acceptors (Lipinski definition) is 2. The maximum Gasteiger partial charge on any atom is 0.246 e. The smallest absolute Gasteiger partial charge is 0.246 e. The van der Waals surface area contributed by atoms with Crippen LogP contribution in [0.3, 0.4) is 0 Å². The Morgan fingerprint density at radius 3 is 2.57 bits per heavy atom. The molecule has 1 unspecified atom stereocenters. The van der Waals surface area contributed by atoms with Crippen LogP contribution in [0.2, 0.25) is 0 Å². The van der Waals surface area contributed by atoms with Gasteiger partial charge in [0, 0.05) is 24.7 Å². The molecule has 0 aromatic heterocycles. The third-order valence-corrected chi connectivity index (χ3v) is 4.17. The summed E-state index contributed by atoms with van der Waals surface area (Å²) in [6, 6.07) is 6.46. The van der Waals surface area contributed by atoms with Crippen LogP contribution in [0.1, 0.15) is 32.3 Å². The van der Waals surface area contributed by atoms with Crippen molar-refractivity contribution in [3.8, 4) is 0 Å². The molecule has 1 amide bonds. The SMILES string of the molecule is CC(=CC(=O)N1CCC(C(C)O)CC1)c1ccccc1F. The second-order valence-corrected chi connectivity index (χ2v) is 5.71. The van der Waals surface area contributed by atoms with Crippen molar-refractivity contribution in [2.45, 2.75) is 32.8 Å². The molecule has 1 heterocycles. The Labute approximate surface area is 125 Å². The molecule has 1 atom stereocenters. The van der Waals surface area contributed by atoms with Crippen molar-refractivity contribution in [2.24, 2.45) is 5.92 Å². The Bertz CT molecular complexity index is 531. The number of aliphatic hydroxyl groups is 1. The van der Waals surface area contributed by atoms with Gasteiger partial charge in [0.15, 0.2) is 0 Å². The second kappa shape index (κ2) is 6.85. The average molecular weight is 291 g/mol. The molecule has 0 spiro atoms. The summed E-state index contributed by atoms with van der Waals surface area (Å²) < 4.78 is 13.7. The first-order valence-corrected chi connectivity index (χ1v) is 7.39. The van der Waals surface area contributed by atoms with Crippen LogP contribution in [0.25, 0.3) is 5.57 Å². The number of amides is 1. The molecule has 0 radical (unpaired) electrons. The summed E-state index contributed by atoms with van der Waals surface area (Å²) in [6.07, 6.45) is 2.81. The Kier molecular flexibility index (Phi) is 5.12. The fourth-order valence-electron chi connectivity index (χ4n) is 2.74. The van der Waals surface area contributed by atoms with Crippen LogP contribution in [-0.4, -0.2) is 35.1 Å². The Morgan fingerprint density at radius 2 is 2.00 bits per heavy atom. The van der Waals surface area contributed by atoms with Crippen molar-refractivity contribution < 1.29 is 14.3 Å². The van der Waals surface area contributed by atoms with E-state index < -0.39 is 0 Å². The van der Waals surface area contributed by atoms with Gasteiger partial charge in [-0.25, -0.2) is 4.39 Å². The van der Waals surface area contributed by atoms with E-state index in [2.05, 4.69) is 0 Å². The van der Waals surface area contributed by atoms with Crippen LogP contribution in [0, 0.1) is 11.7 Å².